The molecule has 94 valence electrons. The van der Waals surface area contributed by atoms with Crippen LogP contribution in [0.25, 0.3) is 0 Å². The summed E-state index contributed by atoms with van der Waals surface area (Å²) in [6.45, 7) is 6.66. The van der Waals surface area contributed by atoms with Gasteiger partial charge in [0.15, 0.2) is 0 Å². The maximum Gasteiger partial charge on any atom is 0.305 e. The van der Waals surface area contributed by atoms with Gasteiger partial charge in [0.2, 0.25) is 0 Å². The van der Waals surface area contributed by atoms with Crippen molar-refractivity contribution in [2.45, 2.75) is 38.6 Å². The van der Waals surface area contributed by atoms with Crippen molar-refractivity contribution < 1.29 is 9.53 Å². The molecule has 1 saturated heterocycles. The van der Waals surface area contributed by atoms with Crippen molar-refractivity contribution in [1.82, 2.24) is 10.2 Å². The molecule has 0 aromatic carbocycles. The zero-order valence-corrected chi connectivity index (χ0v) is 10.5. The first-order valence-corrected chi connectivity index (χ1v) is 6.25. The van der Waals surface area contributed by atoms with Crippen molar-refractivity contribution in [3.63, 3.8) is 0 Å². The van der Waals surface area contributed by atoms with Crippen LogP contribution in [0.3, 0.4) is 0 Å². The van der Waals surface area contributed by atoms with Crippen LogP contribution >= 0.6 is 0 Å². The molecule has 1 N–H and O–H groups in total. The molecule has 0 saturated carbocycles. The molecule has 0 aliphatic carbocycles. The van der Waals surface area contributed by atoms with E-state index >= 15 is 0 Å². The van der Waals surface area contributed by atoms with E-state index in [2.05, 4.69) is 21.9 Å². The number of methoxy groups -OCH3 is 1. The van der Waals surface area contributed by atoms with Gasteiger partial charge >= 0.3 is 5.97 Å². The summed E-state index contributed by atoms with van der Waals surface area (Å²) in [5.41, 5.74) is 0. The third-order valence-corrected chi connectivity index (χ3v) is 3.17. The molecule has 0 aromatic heterocycles. The molecule has 1 unspecified atom stereocenters. The van der Waals surface area contributed by atoms with Crippen LogP contribution < -0.4 is 5.32 Å². The predicted octanol–water partition coefficient (Wildman–Crippen LogP) is 1.01. The number of hydrogen-bond acceptors (Lipinski definition) is 4. The summed E-state index contributed by atoms with van der Waals surface area (Å²) in [5.74, 6) is -0.116. The van der Waals surface area contributed by atoms with Gasteiger partial charge in [-0.1, -0.05) is 0 Å². The number of ether oxygens (including phenoxy) is 1. The SMILES string of the molecule is COC(=O)CCCNCC(C)N1CCCC1. The van der Waals surface area contributed by atoms with Gasteiger partial charge in [0.25, 0.3) is 0 Å². The molecule has 0 aromatic rings. The second-order valence-corrected chi connectivity index (χ2v) is 4.48. The molecular formula is C12H24N2O2. The second kappa shape index (κ2) is 7.63. The Kier molecular flexibility index (Phi) is 6.42. The molecule has 0 bridgehead atoms. The van der Waals surface area contributed by atoms with Crippen molar-refractivity contribution >= 4 is 5.97 Å². The van der Waals surface area contributed by atoms with E-state index in [-0.39, 0.29) is 5.97 Å². The van der Waals surface area contributed by atoms with Gasteiger partial charge in [-0.25, -0.2) is 0 Å². The molecule has 1 aliphatic heterocycles. The van der Waals surface area contributed by atoms with Crippen molar-refractivity contribution in [1.29, 1.82) is 0 Å². The number of hydrogen-bond donors (Lipinski definition) is 1. The number of carbonyl (C=O) groups excluding carboxylic acids is 1. The number of nitrogens with one attached hydrogen (secondary N) is 1. The monoisotopic (exact) mass is 228 g/mol. The topological polar surface area (TPSA) is 41.6 Å². The van der Waals surface area contributed by atoms with Crippen LogP contribution in [0.1, 0.15) is 32.6 Å². The van der Waals surface area contributed by atoms with Gasteiger partial charge in [-0.2, -0.15) is 0 Å². The van der Waals surface area contributed by atoms with E-state index in [1.54, 1.807) is 0 Å². The van der Waals surface area contributed by atoms with Gasteiger partial charge in [0.05, 0.1) is 7.11 Å². The van der Waals surface area contributed by atoms with E-state index in [9.17, 15) is 4.79 Å². The highest BCUT2D eigenvalue weighted by Gasteiger charge is 2.17. The second-order valence-electron chi connectivity index (χ2n) is 4.48. The van der Waals surface area contributed by atoms with E-state index in [0.29, 0.717) is 12.5 Å². The molecule has 1 heterocycles. The molecule has 1 atom stereocenters. The standard InChI is InChI=1S/C12H24N2O2/c1-11(14-8-3-4-9-14)10-13-7-5-6-12(15)16-2/h11,13H,3-10H2,1-2H3. The smallest absolute Gasteiger partial charge is 0.305 e. The van der Waals surface area contributed by atoms with Crippen molar-refractivity contribution in [2.24, 2.45) is 0 Å². The molecule has 16 heavy (non-hydrogen) atoms. The molecule has 1 fully saturated rings. The first kappa shape index (κ1) is 13.5. The number of rotatable bonds is 7. The van der Waals surface area contributed by atoms with Crippen LogP contribution in [0.15, 0.2) is 0 Å². The average Bonchev–Trinajstić information content (AvgIpc) is 2.81. The van der Waals surface area contributed by atoms with Gasteiger partial charge in [-0.15, -0.1) is 0 Å². The number of esters is 1. The summed E-state index contributed by atoms with van der Waals surface area (Å²) in [4.78, 5) is 13.4. The maximum atomic E-state index is 10.9. The summed E-state index contributed by atoms with van der Waals surface area (Å²) >= 11 is 0. The predicted molar refractivity (Wildman–Crippen MR) is 64.4 cm³/mol. The van der Waals surface area contributed by atoms with Gasteiger partial charge in [-0.05, 0) is 45.8 Å². The molecule has 0 amide bonds. The highest BCUT2D eigenvalue weighted by Crippen LogP contribution is 2.10. The largest absolute Gasteiger partial charge is 0.469 e. The Balaban J connectivity index is 1.95. The zero-order chi connectivity index (χ0) is 11.8. The van der Waals surface area contributed by atoms with Crippen LogP contribution in [0.5, 0.6) is 0 Å². The van der Waals surface area contributed by atoms with E-state index in [1.807, 2.05) is 0 Å². The molecule has 4 heteroatoms. The lowest BCUT2D eigenvalue weighted by molar-refractivity contribution is -0.140. The van der Waals surface area contributed by atoms with Crippen LogP contribution in [0.4, 0.5) is 0 Å². The van der Waals surface area contributed by atoms with Crippen molar-refractivity contribution in [2.75, 3.05) is 33.3 Å². The first-order chi connectivity index (χ1) is 7.74. The highest BCUT2D eigenvalue weighted by molar-refractivity contribution is 5.69. The zero-order valence-electron chi connectivity index (χ0n) is 10.5. The van der Waals surface area contributed by atoms with Gasteiger partial charge in [-0.3, -0.25) is 9.69 Å². The Morgan fingerprint density at radius 3 is 2.75 bits per heavy atom. The minimum Gasteiger partial charge on any atom is -0.469 e. The van der Waals surface area contributed by atoms with Crippen LogP contribution in [0, 0.1) is 0 Å². The van der Waals surface area contributed by atoms with Crippen molar-refractivity contribution in [3.05, 3.63) is 0 Å². The highest BCUT2D eigenvalue weighted by atomic mass is 16.5. The molecular weight excluding hydrogens is 204 g/mol. The molecule has 4 nitrogen and oxygen atoms in total. The van der Waals surface area contributed by atoms with E-state index in [0.717, 1.165) is 19.5 Å². The van der Waals surface area contributed by atoms with E-state index in [1.165, 1.54) is 33.0 Å². The van der Waals surface area contributed by atoms with Gasteiger partial charge in [0, 0.05) is 19.0 Å². The Morgan fingerprint density at radius 2 is 2.12 bits per heavy atom. The summed E-state index contributed by atoms with van der Waals surface area (Å²) in [6.07, 6.45) is 4.06. The third-order valence-electron chi connectivity index (χ3n) is 3.17. The van der Waals surface area contributed by atoms with E-state index in [4.69, 9.17) is 0 Å². The normalized spacial score (nSPS) is 18.6. The summed E-state index contributed by atoms with van der Waals surface area (Å²) < 4.78 is 4.58. The lowest BCUT2D eigenvalue weighted by Crippen LogP contribution is -2.38. The van der Waals surface area contributed by atoms with Gasteiger partial charge in [0.1, 0.15) is 0 Å². The fourth-order valence-corrected chi connectivity index (χ4v) is 2.08. The van der Waals surface area contributed by atoms with Crippen LogP contribution in [-0.2, 0) is 9.53 Å². The number of nitrogens with zero attached hydrogens (tertiary/aromatic N) is 1. The Labute approximate surface area is 98.3 Å². The minimum absolute atomic E-state index is 0.116. The Hall–Kier alpha value is -0.610. The number of carbonyl (C=O) groups is 1. The minimum atomic E-state index is -0.116. The maximum absolute atomic E-state index is 10.9. The Bertz CT molecular complexity index is 203. The average molecular weight is 228 g/mol. The Morgan fingerprint density at radius 1 is 1.44 bits per heavy atom. The molecule has 0 radical (unpaired) electrons. The fraction of sp³-hybridized carbons (Fsp3) is 0.917. The summed E-state index contributed by atoms with van der Waals surface area (Å²) in [5, 5.41) is 3.39. The van der Waals surface area contributed by atoms with Crippen LogP contribution in [-0.4, -0.2) is 50.2 Å². The summed E-state index contributed by atoms with van der Waals surface area (Å²) in [7, 11) is 1.44. The lowest BCUT2D eigenvalue weighted by Gasteiger charge is -2.23. The number of likely N-dealkylation sites (tertiary alicyclic amines) is 1. The van der Waals surface area contributed by atoms with Crippen LogP contribution in [0.2, 0.25) is 0 Å². The fourth-order valence-electron chi connectivity index (χ4n) is 2.08. The quantitative estimate of drug-likeness (QED) is 0.522. The molecule has 0 spiro atoms. The molecule has 1 aliphatic rings. The van der Waals surface area contributed by atoms with Crippen molar-refractivity contribution in [3.8, 4) is 0 Å². The third kappa shape index (κ3) is 4.94. The van der Waals surface area contributed by atoms with Gasteiger partial charge < -0.3 is 10.1 Å². The summed E-state index contributed by atoms with van der Waals surface area (Å²) in [6, 6.07) is 0.612. The molecule has 1 rings (SSSR count). The first-order valence-electron chi connectivity index (χ1n) is 6.25. The lowest BCUT2D eigenvalue weighted by atomic mass is 10.2. The van der Waals surface area contributed by atoms with E-state index < -0.39 is 0 Å².